The molecule has 0 spiro atoms. The van der Waals surface area contributed by atoms with E-state index < -0.39 is 0 Å². The van der Waals surface area contributed by atoms with E-state index in [-0.39, 0.29) is 17.9 Å². The highest BCUT2D eigenvalue weighted by Gasteiger charge is 2.34. The predicted molar refractivity (Wildman–Crippen MR) is 92.9 cm³/mol. The second-order valence-corrected chi connectivity index (χ2v) is 6.87. The van der Waals surface area contributed by atoms with Crippen LogP contribution in [0.25, 0.3) is 0 Å². The van der Waals surface area contributed by atoms with Gasteiger partial charge in [-0.2, -0.15) is 0 Å². The lowest BCUT2D eigenvalue weighted by Gasteiger charge is -2.23. The van der Waals surface area contributed by atoms with Crippen molar-refractivity contribution in [1.29, 1.82) is 0 Å². The van der Waals surface area contributed by atoms with Gasteiger partial charge in [0.15, 0.2) is 0 Å². The molecule has 1 aromatic carbocycles. The number of carbonyl (C=O) groups is 2. The monoisotopic (exact) mass is 328 g/mol. The third kappa shape index (κ3) is 3.29. The molecule has 0 unspecified atom stereocenters. The van der Waals surface area contributed by atoms with E-state index in [4.69, 9.17) is 0 Å². The van der Waals surface area contributed by atoms with E-state index >= 15 is 0 Å². The molecule has 1 aromatic heterocycles. The zero-order valence-corrected chi connectivity index (χ0v) is 14.2. The molecule has 120 valence electrons. The standard InChI is InChI=1S/C18H20N2O2S/c1-12-7-8-14(11-13(12)2)19-17(21)15-5-3-9-20(15)18(22)16-6-4-10-23-16/h4,6-8,10-11,15H,3,5,9H2,1-2H3,(H,19,21)/t15-/m1/s1. The number of anilines is 1. The molecule has 0 saturated carbocycles. The van der Waals surface area contributed by atoms with Crippen molar-refractivity contribution in [2.75, 3.05) is 11.9 Å². The number of nitrogens with one attached hydrogen (secondary N) is 1. The van der Waals surface area contributed by atoms with Crippen molar-refractivity contribution in [2.24, 2.45) is 0 Å². The van der Waals surface area contributed by atoms with Gasteiger partial charge in [0.2, 0.25) is 5.91 Å². The first-order valence-electron chi connectivity index (χ1n) is 7.79. The zero-order valence-electron chi connectivity index (χ0n) is 13.3. The molecule has 4 nitrogen and oxygen atoms in total. The van der Waals surface area contributed by atoms with Crippen LogP contribution in [-0.4, -0.2) is 29.3 Å². The van der Waals surface area contributed by atoms with Crippen LogP contribution in [0.1, 0.15) is 33.6 Å². The average Bonchev–Trinajstić information content (AvgIpc) is 3.21. The number of thiophene rings is 1. The van der Waals surface area contributed by atoms with Gasteiger partial charge in [-0.05, 0) is 61.4 Å². The van der Waals surface area contributed by atoms with E-state index in [0.29, 0.717) is 17.8 Å². The summed E-state index contributed by atoms with van der Waals surface area (Å²) >= 11 is 1.42. The van der Waals surface area contributed by atoms with Gasteiger partial charge in [0.05, 0.1) is 4.88 Å². The molecule has 1 atom stereocenters. The molecular formula is C18H20N2O2S. The van der Waals surface area contributed by atoms with Crippen molar-refractivity contribution in [3.05, 3.63) is 51.7 Å². The quantitative estimate of drug-likeness (QED) is 0.936. The Morgan fingerprint density at radius 3 is 2.74 bits per heavy atom. The number of hydrogen-bond acceptors (Lipinski definition) is 3. The summed E-state index contributed by atoms with van der Waals surface area (Å²) in [6, 6.07) is 9.15. The normalized spacial score (nSPS) is 17.3. The second-order valence-electron chi connectivity index (χ2n) is 5.92. The highest BCUT2D eigenvalue weighted by molar-refractivity contribution is 7.12. The topological polar surface area (TPSA) is 49.4 Å². The Bertz CT molecular complexity index is 725. The SMILES string of the molecule is Cc1ccc(NC(=O)[C@H]2CCCN2C(=O)c2cccs2)cc1C. The number of nitrogens with zero attached hydrogens (tertiary/aromatic N) is 1. The van der Waals surface area contributed by atoms with E-state index in [1.807, 2.05) is 49.6 Å². The van der Waals surface area contributed by atoms with Crippen LogP contribution in [0.15, 0.2) is 35.7 Å². The van der Waals surface area contributed by atoms with Crippen LogP contribution >= 0.6 is 11.3 Å². The number of amides is 2. The van der Waals surface area contributed by atoms with Crippen LogP contribution in [0, 0.1) is 13.8 Å². The molecule has 3 rings (SSSR count). The van der Waals surface area contributed by atoms with Crippen LogP contribution in [0.2, 0.25) is 0 Å². The number of likely N-dealkylation sites (tertiary alicyclic amines) is 1. The fourth-order valence-electron chi connectivity index (χ4n) is 2.87. The summed E-state index contributed by atoms with van der Waals surface area (Å²) in [5, 5.41) is 4.84. The Hall–Kier alpha value is -2.14. The number of aryl methyl sites for hydroxylation is 2. The molecule has 1 aliphatic heterocycles. The van der Waals surface area contributed by atoms with Gasteiger partial charge >= 0.3 is 0 Å². The minimum Gasteiger partial charge on any atom is -0.326 e. The van der Waals surface area contributed by atoms with Crippen molar-refractivity contribution in [3.63, 3.8) is 0 Å². The van der Waals surface area contributed by atoms with Crippen LogP contribution < -0.4 is 5.32 Å². The van der Waals surface area contributed by atoms with Gasteiger partial charge in [0, 0.05) is 12.2 Å². The lowest BCUT2D eigenvalue weighted by Crippen LogP contribution is -2.42. The predicted octanol–water partition coefficient (Wildman–Crippen LogP) is 3.61. The van der Waals surface area contributed by atoms with E-state index in [1.54, 1.807) is 4.90 Å². The largest absolute Gasteiger partial charge is 0.326 e. The van der Waals surface area contributed by atoms with Crippen molar-refractivity contribution >= 4 is 28.8 Å². The molecule has 0 aliphatic carbocycles. The van der Waals surface area contributed by atoms with E-state index in [2.05, 4.69) is 5.32 Å². The smallest absolute Gasteiger partial charge is 0.264 e. The molecule has 2 aromatic rings. The van der Waals surface area contributed by atoms with Gasteiger partial charge in [-0.15, -0.1) is 11.3 Å². The van der Waals surface area contributed by atoms with Crippen molar-refractivity contribution < 1.29 is 9.59 Å². The first-order valence-corrected chi connectivity index (χ1v) is 8.67. The summed E-state index contributed by atoms with van der Waals surface area (Å²) in [5.74, 6) is -0.145. The Morgan fingerprint density at radius 1 is 1.22 bits per heavy atom. The number of carbonyl (C=O) groups excluding carboxylic acids is 2. The van der Waals surface area contributed by atoms with Gasteiger partial charge in [0.25, 0.3) is 5.91 Å². The first-order chi connectivity index (χ1) is 11.1. The summed E-state index contributed by atoms with van der Waals surface area (Å²) in [4.78, 5) is 27.5. The van der Waals surface area contributed by atoms with Crippen LogP contribution in [0.5, 0.6) is 0 Å². The van der Waals surface area contributed by atoms with Crippen LogP contribution in [0.4, 0.5) is 5.69 Å². The van der Waals surface area contributed by atoms with Gasteiger partial charge < -0.3 is 10.2 Å². The van der Waals surface area contributed by atoms with Crippen LogP contribution in [-0.2, 0) is 4.79 Å². The van der Waals surface area contributed by atoms with Crippen molar-refractivity contribution in [1.82, 2.24) is 4.90 Å². The number of rotatable bonds is 3. The van der Waals surface area contributed by atoms with Crippen LogP contribution in [0.3, 0.4) is 0 Å². The maximum absolute atomic E-state index is 12.6. The van der Waals surface area contributed by atoms with Gasteiger partial charge in [-0.25, -0.2) is 0 Å². The Morgan fingerprint density at radius 2 is 2.04 bits per heavy atom. The number of benzene rings is 1. The van der Waals surface area contributed by atoms with Crippen molar-refractivity contribution in [2.45, 2.75) is 32.7 Å². The summed E-state index contributed by atoms with van der Waals surface area (Å²) < 4.78 is 0. The van der Waals surface area contributed by atoms with Gasteiger partial charge in [0.1, 0.15) is 6.04 Å². The van der Waals surface area contributed by atoms with Crippen molar-refractivity contribution in [3.8, 4) is 0 Å². The third-order valence-corrected chi connectivity index (χ3v) is 5.18. The fourth-order valence-corrected chi connectivity index (χ4v) is 3.55. The lowest BCUT2D eigenvalue weighted by atomic mass is 10.1. The molecule has 1 aliphatic rings. The number of hydrogen-bond donors (Lipinski definition) is 1. The Labute approximate surface area is 140 Å². The molecule has 1 N–H and O–H groups in total. The Kier molecular flexibility index (Phi) is 4.48. The van der Waals surface area contributed by atoms with E-state index in [9.17, 15) is 9.59 Å². The van der Waals surface area contributed by atoms with E-state index in [0.717, 1.165) is 17.7 Å². The molecule has 1 saturated heterocycles. The molecule has 0 radical (unpaired) electrons. The second kappa shape index (κ2) is 6.54. The molecule has 2 amide bonds. The van der Waals surface area contributed by atoms with Gasteiger partial charge in [-0.3, -0.25) is 9.59 Å². The fraction of sp³-hybridized carbons (Fsp3) is 0.333. The van der Waals surface area contributed by atoms with Gasteiger partial charge in [-0.1, -0.05) is 12.1 Å². The Balaban J connectivity index is 1.73. The minimum atomic E-state index is -0.383. The third-order valence-electron chi connectivity index (χ3n) is 4.32. The maximum atomic E-state index is 12.6. The first kappa shape index (κ1) is 15.7. The molecule has 2 heterocycles. The minimum absolute atomic E-state index is 0.0438. The highest BCUT2D eigenvalue weighted by atomic mass is 32.1. The average molecular weight is 328 g/mol. The maximum Gasteiger partial charge on any atom is 0.264 e. The van der Waals surface area contributed by atoms with E-state index in [1.165, 1.54) is 16.9 Å². The summed E-state index contributed by atoms with van der Waals surface area (Å²) in [5.41, 5.74) is 3.12. The molecule has 0 bridgehead atoms. The summed E-state index contributed by atoms with van der Waals surface area (Å²) in [6.45, 7) is 4.70. The summed E-state index contributed by atoms with van der Waals surface area (Å²) in [6.07, 6.45) is 1.58. The molecule has 23 heavy (non-hydrogen) atoms. The summed E-state index contributed by atoms with van der Waals surface area (Å²) in [7, 11) is 0. The molecule has 1 fully saturated rings. The molecule has 5 heteroatoms. The zero-order chi connectivity index (χ0) is 16.4. The molecular weight excluding hydrogens is 308 g/mol. The lowest BCUT2D eigenvalue weighted by molar-refractivity contribution is -0.119. The highest BCUT2D eigenvalue weighted by Crippen LogP contribution is 2.24.